The molecule has 0 aliphatic carbocycles. The number of hydrogen-bond acceptors (Lipinski definition) is 3. The summed E-state index contributed by atoms with van der Waals surface area (Å²) in [5, 5.41) is 0. The lowest BCUT2D eigenvalue weighted by atomic mass is 9.96. The number of carbonyl (C=O) groups is 1. The number of aromatic amines is 1. The molecule has 0 bridgehead atoms. The molecule has 1 aromatic heterocycles. The highest BCUT2D eigenvalue weighted by atomic mass is 16.5. The SMILES string of the molecule is Cc1cccc(C)c1OCCCC(=O)N1CCC(c2nc3ccccc3[nH]2)CC1. The Morgan fingerprint density at radius 1 is 1.10 bits per heavy atom. The maximum atomic E-state index is 12.6. The standard InChI is InChI=1S/C24H29N3O2/c1-17-7-5-8-18(2)23(17)29-16-6-11-22(28)27-14-12-19(13-15-27)24-25-20-9-3-4-10-21(20)26-24/h3-5,7-10,19H,6,11-16H2,1-2H3,(H,25,26). The van der Waals surface area contributed by atoms with E-state index in [1.54, 1.807) is 0 Å². The molecule has 2 heterocycles. The van der Waals surface area contributed by atoms with Crippen LogP contribution in [0.1, 0.15) is 48.6 Å². The van der Waals surface area contributed by atoms with Crippen LogP contribution < -0.4 is 4.74 Å². The lowest BCUT2D eigenvalue weighted by molar-refractivity contribution is -0.132. The zero-order valence-electron chi connectivity index (χ0n) is 17.3. The zero-order valence-corrected chi connectivity index (χ0v) is 17.3. The quantitative estimate of drug-likeness (QED) is 0.617. The van der Waals surface area contributed by atoms with Gasteiger partial charge in [-0.3, -0.25) is 4.79 Å². The second-order valence-electron chi connectivity index (χ2n) is 7.97. The fraction of sp³-hybridized carbons (Fsp3) is 0.417. The van der Waals surface area contributed by atoms with Gasteiger partial charge in [-0.1, -0.05) is 30.3 Å². The Bertz CT molecular complexity index is 933. The normalized spacial score (nSPS) is 15.0. The van der Waals surface area contributed by atoms with E-state index < -0.39 is 0 Å². The van der Waals surface area contributed by atoms with Gasteiger partial charge in [0.1, 0.15) is 11.6 Å². The summed E-state index contributed by atoms with van der Waals surface area (Å²) in [5.41, 5.74) is 4.39. The van der Waals surface area contributed by atoms with Gasteiger partial charge in [0.05, 0.1) is 17.6 Å². The highest BCUT2D eigenvalue weighted by Crippen LogP contribution is 2.28. The van der Waals surface area contributed by atoms with E-state index in [2.05, 4.69) is 37.0 Å². The molecule has 29 heavy (non-hydrogen) atoms. The lowest BCUT2D eigenvalue weighted by Crippen LogP contribution is -2.38. The highest BCUT2D eigenvalue weighted by Gasteiger charge is 2.25. The Morgan fingerprint density at radius 2 is 1.83 bits per heavy atom. The predicted molar refractivity (Wildman–Crippen MR) is 115 cm³/mol. The number of nitrogens with one attached hydrogen (secondary N) is 1. The van der Waals surface area contributed by atoms with E-state index in [0.29, 0.717) is 18.9 Å². The molecule has 5 heteroatoms. The van der Waals surface area contributed by atoms with E-state index >= 15 is 0 Å². The molecule has 1 aliphatic rings. The van der Waals surface area contributed by atoms with Gasteiger partial charge in [0, 0.05) is 25.4 Å². The number of hydrogen-bond donors (Lipinski definition) is 1. The van der Waals surface area contributed by atoms with Crippen molar-refractivity contribution < 1.29 is 9.53 Å². The summed E-state index contributed by atoms with van der Waals surface area (Å²) in [6.07, 6.45) is 3.21. The number of ether oxygens (including phenoxy) is 1. The first-order valence-corrected chi connectivity index (χ1v) is 10.5. The fourth-order valence-corrected chi connectivity index (χ4v) is 4.15. The lowest BCUT2D eigenvalue weighted by Gasteiger charge is -2.31. The number of imidazole rings is 1. The number of fused-ring (bicyclic) bond motifs is 1. The van der Waals surface area contributed by atoms with E-state index in [0.717, 1.165) is 66.1 Å². The van der Waals surface area contributed by atoms with Crippen LogP contribution >= 0.6 is 0 Å². The van der Waals surface area contributed by atoms with Gasteiger partial charge in [0.15, 0.2) is 0 Å². The highest BCUT2D eigenvalue weighted by molar-refractivity contribution is 5.76. The van der Waals surface area contributed by atoms with Gasteiger partial charge >= 0.3 is 0 Å². The Morgan fingerprint density at radius 3 is 2.55 bits per heavy atom. The predicted octanol–water partition coefficient (Wildman–Crippen LogP) is 4.74. The van der Waals surface area contributed by atoms with Crippen molar-refractivity contribution in [1.82, 2.24) is 14.9 Å². The van der Waals surface area contributed by atoms with Crippen molar-refractivity contribution in [3.63, 3.8) is 0 Å². The minimum Gasteiger partial charge on any atom is -0.493 e. The van der Waals surface area contributed by atoms with Crippen molar-refractivity contribution in [3.05, 3.63) is 59.4 Å². The van der Waals surface area contributed by atoms with Gasteiger partial charge in [-0.25, -0.2) is 4.98 Å². The molecule has 0 atom stereocenters. The number of benzene rings is 2. The van der Waals surface area contributed by atoms with E-state index in [-0.39, 0.29) is 5.91 Å². The molecule has 0 unspecified atom stereocenters. The van der Waals surface area contributed by atoms with Crippen molar-refractivity contribution in [3.8, 4) is 5.75 Å². The number of H-pyrrole nitrogens is 1. The molecule has 0 radical (unpaired) electrons. The van der Waals surface area contributed by atoms with Crippen LogP contribution in [-0.4, -0.2) is 40.5 Å². The molecular formula is C24H29N3O2. The van der Waals surface area contributed by atoms with Gasteiger partial charge in [-0.15, -0.1) is 0 Å². The average molecular weight is 392 g/mol. The minimum atomic E-state index is 0.234. The first-order chi connectivity index (χ1) is 14.1. The van der Waals surface area contributed by atoms with Crippen molar-refractivity contribution in [2.24, 2.45) is 0 Å². The molecule has 1 amide bonds. The van der Waals surface area contributed by atoms with E-state index in [1.165, 1.54) is 0 Å². The first-order valence-electron chi connectivity index (χ1n) is 10.5. The summed E-state index contributed by atoms with van der Waals surface area (Å²) in [4.78, 5) is 22.8. The van der Waals surface area contributed by atoms with Crippen LogP contribution in [0.2, 0.25) is 0 Å². The molecular weight excluding hydrogens is 362 g/mol. The molecule has 4 rings (SSSR count). The molecule has 1 N–H and O–H groups in total. The third-order valence-corrected chi connectivity index (χ3v) is 5.83. The second-order valence-corrected chi connectivity index (χ2v) is 7.97. The van der Waals surface area contributed by atoms with E-state index in [1.807, 2.05) is 29.2 Å². The Hall–Kier alpha value is -2.82. The number of amides is 1. The van der Waals surface area contributed by atoms with Crippen LogP contribution in [0.25, 0.3) is 11.0 Å². The topological polar surface area (TPSA) is 58.2 Å². The summed E-state index contributed by atoms with van der Waals surface area (Å²) in [6.45, 7) is 6.29. The summed E-state index contributed by atoms with van der Waals surface area (Å²) in [7, 11) is 0. The van der Waals surface area contributed by atoms with Crippen LogP contribution in [0.5, 0.6) is 5.75 Å². The molecule has 2 aromatic carbocycles. The molecule has 0 saturated carbocycles. The summed E-state index contributed by atoms with van der Waals surface area (Å²) in [6, 6.07) is 14.3. The fourth-order valence-electron chi connectivity index (χ4n) is 4.15. The largest absolute Gasteiger partial charge is 0.493 e. The number of rotatable bonds is 6. The molecule has 1 fully saturated rings. The van der Waals surface area contributed by atoms with Crippen LogP contribution in [-0.2, 0) is 4.79 Å². The summed E-state index contributed by atoms with van der Waals surface area (Å²) in [5.74, 6) is 2.64. The average Bonchev–Trinajstić information content (AvgIpc) is 3.17. The van der Waals surface area contributed by atoms with Crippen LogP contribution in [0, 0.1) is 13.8 Å². The monoisotopic (exact) mass is 391 g/mol. The summed E-state index contributed by atoms with van der Waals surface area (Å²) >= 11 is 0. The van der Waals surface area contributed by atoms with E-state index in [9.17, 15) is 4.79 Å². The second kappa shape index (κ2) is 8.68. The van der Waals surface area contributed by atoms with Gasteiger partial charge in [0.2, 0.25) is 5.91 Å². The maximum absolute atomic E-state index is 12.6. The Balaban J connectivity index is 1.23. The Labute approximate surface area is 172 Å². The number of nitrogens with zero attached hydrogens (tertiary/aromatic N) is 2. The van der Waals surface area contributed by atoms with Gasteiger partial charge in [0.25, 0.3) is 0 Å². The zero-order chi connectivity index (χ0) is 20.2. The molecule has 0 spiro atoms. The number of carbonyl (C=O) groups excluding carboxylic acids is 1. The first kappa shape index (κ1) is 19.5. The third-order valence-electron chi connectivity index (χ3n) is 5.83. The van der Waals surface area contributed by atoms with Crippen LogP contribution in [0.3, 0.4) is 0 Å². The molecule has 3 aromatic rings. The maximum Gasteiger partial charge on any atom is 0.222 e. The van der Waals surface area contributed by atoms with Gasteiger partial charge in [-0.2, -0.15) is 0 Å². The van der Waals surface area contributed by atoms with Crippen molar-refractivity contribution in [2.75, 3.05) is 19.7 Å². The molecule has 5 nitrogen and oxygen atoms in total. The number of likely N-dealkylation sites (tertiary alicyclic amines) is 1. The van der Waals surface area contributed by atoms with E-state index in [4.69, 9.17) is 9.72 Å². The van der Waals surface area contributed by atoms with Crippen molar-refractivity contribution in [2.45, 2.75) is 45.4 Å². The number of aromatic nitrogens is 2. The summed E-state index contributed by atoms with van der Waals surface area (Å²) < 4.78 is 5.93. The molecule has 1 aliphatic heterocycles. The molecule has 1 saturated heterocycles. The molecule has 152 valence electrons. The van der Waals surface area contributed by atoms with Crippen molar-refractivity contribution >= 4 is 16.9 Å². The minimum absolute atomic E-state index is 0.234. The van der Waals surface area contributed by atoms with Gasteiger partial charge in [-0.05, 0) is 56.4 Å². The van der Waals surface area contributed by atoms with Crippen LogP contribution in [0.15, 0.2) is 42.5 Å². The Kier molecular flexibility index (Phi) is 5.84. The van der Waals surface area contributed by atoms with Crippen LogP contribution in [0.4, 0.5) is 0 Å². The van der Waals surface area contributed by atoms with Gasteiger partial charge < -0.3 is 14.6 Å². The van der Waals surface area contributed by atoms with Crippen molar-refractivity contribution in [1.29, 1.82) is 0 Å². The number of piperidine rings is 1. The number of para-hydroxylation sites is 3. The number of aryl methyl sites for hydroxylation is 2. The smallest absolute Gasteiger partial charge is 0.222 e. The third kappa shape index (κ3) is 4.44.